The van der Waals surface area contributed by atoms with Crippen molar-refractivity contribution >= 4 is 9.84 Å². The molecule has 3 rings (SSSR count). The number of ether oxygens (including phenoxy) is 2. The van der Waals surface area contributed by atoms with Gasteiger partial charge in [-0.3, -0.25) is 0 Å². The van der Waals surface area contributed by atoms with Crippen LogP contribution in [0.5, 0.6) is 11.5 Å². The molecule has 0 amide bonds. The van der Waals surface area contributed by atoms with Gasteiger partial charge in [-0.25, -0.2) is 8.42 Å². The Labute approximate surface area is 119 Å². The first-order valence-electron chi connectivity index (χ1n) is 6.93. The Hall–Kier alpha value is -1.27. The summed E-state index contributed by atoms with van der Waals surface area (Å²) < 4.78 is 35.2. The molecule has 1 heterocycles. The van der Waals surface area contributed by atoms with Gasteiger partial charge in [0.1, 0.15) is 0 Å². The number of nitrogens with two attached hydrogens (primary N) is 1. The minimum absolute atomic E-state index is 0.00267. The van der Waals surface area contributed by atoms with Crippen LogP contribution in [0.25, 0.3) is 0 Å². The highest BCUT2D eigenvalue weighted by atomic mass is 32.2. The summed E-state index contributed by atoms with van der Waals surface area (Å²) in [5, 5.41) is -0.206. The summed E-state index contributed by atoms with van der Waals surface area (Å²) in [7, 11) is -3.12. The van der Waals surface area contributed by atoms with E-state index in [9.17, 15) is 8.42 Å². The fourth-order valence-electron chi connectivity index (χ4n) is 2.87. The molecule has 2 aliphatic rings. The zero-order valence-corrected chi connectivity index (χ0v) is 12.1. The van der Waals surface area contributed by atoms with Crippen molar-refractivity contribution in [1.29, 1.82) is 0 Å². The van der Waals surface area contributed by atoms with Gasteiger partial charge in [-0.2, -0.15) is 0 Å². The predicted molar refractivity (Wildman–Crippen MR) is 75.5 cm³/mol. The number of rotatable bonds is 4. The lowest BCUT2D eigenvalue weighted by atomic mass is 10.1. The first-order valence-corrected chi connectivity index (χ1v) is 8.64. The molecule has 0 radical (unpaired) electrons. The number of benzene rings is 1. The average Bonchev–Trinajstić information content (AvgIpc) is 3.09. The molecule has 1 atom stereocenters. The van der Waals surface area contributed by atoms with E-state index in [0.717, 1.165) is 31.2 Å². The fourth-order valence-corrected chi connectivity index (χ4v) is 4.89. The third-order valence-corrected chi connectivity index (χ3v) is 6.36. The SMILES string of the molecule is NC(CS(=O)(=O)C1CCCC1)c1ccc2c(c1)OCO2. The summed E-state index contributed by atoms with van der Waals surface area (Å²) >= 11 is 0. The van der Waals surface area contributed by atoms with Crippen LogP contribution < -0.4 is 15.2 Å². The Morgan fingerprint density at radius 2 is 1.90 bits per heavy atom. The van der Waals surface area contributed by atoms with Gasteiger partial charge in [0, 0.05) is 6.04 Å². The minimum atomic E-state index is -3.12. The first-order chi connectivity index (χ1) is 9.56. The first kappa shape index (κ1) is 13.7. The van der Waals surface area contributed by atoms with E-state index in [1.807, 2.05) is 6.07 Å². The van der Waals surface area contributed by atoms with Gasteiger partial charge >= 0.3 is 0 Å². The quantitative estimate of drug-likeness (QED) is 0.916. The van der Waals surface area contributed by atoms with Crippen LogP contribution in [-0.4, -0.2) is 26.2 Å². The molecule has 0 aromatic heterocycles. The molecule has 1 unspecified atom stereocenters. The van der Waals surface area contributed by atoms with Crippen LogP contribution in [0.15, 0.2) is 18.2 Å². The molecule has 6 heteroatoms. The van der Waals surface area contributed by atoms with Crippen molar-refractivity contribution in [2.45, 2.75) is 37.0 Å². The maximum Gasteiger partial charge on any atom is 0.231 e. The maximum atomic E-state index is 12.3. The van der Waals surface area contributed by atoms with E-state index in [1.54, 1.807) is 12.1 Å². The van der Waals surface area contributed by atoms with Gasteiger partial charge in [-0.05, 0) is 30.5 Å². The van der Waals surface area contributed by atoms with Gasteiger partial charge in [-0.15, -0.1) is 0 Å². The topological polar surface area (TPSA) is 78.6 Å². The van der Waals surface area contributed by atoms with Crippen LogP contribution in [0.2, 0.25) is 0 Å². The van der Waals surface area contributed by atoms with Crippen molar-refractivity contribution in [3.05, 3.63) is 23.8 Å². The number of hydrogen-bond donors (Lipinski definition) is 1. The van der Waals surface area contributed by atoms with E-state index in [1.165, 1.54) is 0 Å². The van der Waals surface area contributed by atoms with Gasteiger partial charge in [0.15, 0.2) is 21.3 Å². The highest BCUT2D eigenvalue weighted by Gasteiger charge is 2.30. The molecule has 5 nitrogen and oxygen atoms in total. The lowest BCUT2D eigenvalue weighted by molar-refractivity contribution is 0.174. The van der Waals surface area contributed by atoms with Crippen LogP contribution in [0, 0.1) is 0 Å². The number of fused-ring (bicyclic) bond motifs is 1. The van der Waals surface area contributed by atoms with E-state index < -0.39 is 15.9 Å². The number of hydrogen-bond acceptors (Lipinski definition) is 5. The van der Waals surface area contributed by atoms with E-state index in [4.69, 9.17) is 15.2 Å². The Kier molecular flexibility index (Phi) is 3.60. The molecule has 1 aliphatic heterocycles. The standard InChI is InChI=1S/C14H19NO4S/c15-12(8-20(16,17)11-3-1-2-4-11)10-5-6-13-14(7-10)19-9-18-13/h5-7,11-12H,1-4,8-9,15H2. The van der Waals surface area contributed by atoms with Gasteiger partial charge in [-0.1, -0.05) is 18.9 Å². The Morgan fingerprint density at radius 3 is 2.65 bits per heavy atom. The van der Waals surface area contributed by atoms with Crippen molar-refractivity contribution in [1.82, 2.24) is 0 Å². The lowest BCUT2D eigenvalue weighted by Gasteiger charge is -2.16. The van der Waals surface area contributed by atoms with Gasteiger partial charge in [0.2, 0.25) is 6.79 Å². The van der Waals surface area contributed by atoms with Crippen LogP contribution >= 0.6 is 0 Å². The van der Waals surface area contributed by atoms with E-state index >= 15 is 0 Å². The highest BCUT2D eigenvalue weighted by Crippen LogP contribution is 2.34. The predicted octanol–water partition coefficient (Wildman–Crippen LogP) is 1.77. The zero-order valence-electron chi connectivity index (χ0n) is 11.2. The molecule has 1 saturated carbocycles. The second-order valence-electron chi connectivity index (χ2n) is 5.46. The van der Waals surface area contributed by atoms with Gasteiger partial charge in [0.05, 0.1) is 11.0 Å². The molecule has 1 aromatic carbocycles. The van der Waals surface area contributed by atoms with Crippen molar-refractivity contribution in [3.63, 3.8) is 0 Å². The fraction of sp³-hybridized carbons (Fsp3) is 0.571. The Morgan fingerprint density at radius 1 is 1.20 bits per heavy atom. The molecule has 1 aromatic rings. The molecular weight excluding hydrogens is 278 g/mol. The van der Waals surface area contributed by atoms with Gasteiger partial charge < -0.3 is 15.2 Å². The van der Waals surface area contributed by atoms with E-state index in [-0.39, 0.29) is 17.8 Å². The second-order valence-corrected chi connectivity index (χ2v) is 7.78. The van der Waals surface area contributed by atoms with Crippen LogP contribution in [-0.2, 0) is 9.84 Å². The highest BCUT2D eigenvalue weighted by molar-refractivity contribution is 7.92. The second kappa shape index (κ2) is 5.26. The third kappa shape index (κ3) is 2.62. The number of sulfone groups is 1. The molecule has 1 fully saturated rings. The van der Waals surface area contributed by atoms with Crippen LogP contribution in [0.4, 0.5) is 0 Å². The average molecular weight is 297 g/mol. The lowest BCUT2D eigenvalue weighted by Crippen LogP contribution is -2.28. The molecule has 0 bridgehead atoms. The third-order valence-electron chi connectivity index (χ3n) is 4.05. The van der Waals surface area contributed by atoms with E-state index in [0.29, 0.717) is 11.5 Å². The van der Waals surface area contributed by atoms with Crippen molar-refractivity contribution in [2.24, 2.45) is 5.73 Å². The molecule has 0 spiro atoms. The Balaban J connectivity index is 1.74. The monoisotopic (exact) mass is 297 g/mol. The molecule has 20 heavy (non-hydrogen) atoms. The molecule has 0 saturated heterocycles. The largest absolute Gasteiger partial charge is 0.454 e. The molecule has 110 valence electrons. The van der Waals surface area contributed by atoms with Gasteiger partial charge in [0.25, 0.3) is 0 Å². The normalized spacial score (nSPS) is 20.2. The van der Waals surface area contributed by atoms with Crippen LogP contribution in [0.1, 0.15) is 37.3 Å². The summed E-state index contributed by atoms with van der Waals surface area (Å²) in [6.07, 6.45) is 3.55. The van der Waals surface area contributed by atoms with Crippen molar-refractivity contribution in [2.75, 3.05) is 12.5 Å². The molecular formula is C14H19NO4S. The zero-order chi connectivity index (χ0) is 14.2. The summed E-state index contributed by atoms with van der Waals surface area (Å²) in [6.45, 7) is 0.203. The van der Waals surface area contributed by atoms with Crippen LogP contribution in [0.3, 0.4) is 0 Å². The van der Waals surface area contributed by atoms with Crippen molar-refractivity contribution < 1.29 is 17.9 Å². The van der Waals surface area contributed by atoms with E-state index in [2.05, 4.69) is 0 Å². The minimum Gasteiger partial charge on any atom is -0.454 e. The Bertz CT molecular complexity index is 593. The molecule has 2 N–H and O–H groups in total. The van der Waals surface area contributed by atoms with Crippen molar-refractivity contribution in [3.8, 4) is 11.5 Å². The summed E-state index contributed by atoms with van der Waals surface area (Å²) in [5.41, 5.74) is 6.84. The smallest absolute Gasteiger partial charge is 0.231 e. The summed E-state index contributed by atoms with van der Waals surface area (Å²) in [4.78, 5) is 0. The summed E-state index contributed by atoms with van der Waals surface area (Å²) in [5.74, 6) is 1.31. The maximum absolute atomic E-state index is 12.3. The molecule has 1 aliphatic carbocycles. The summed E-state index contributed by atoms with van der Waals surface area (Å²) in [6, 6.07) is 4.84.